The minimum Gasteiger partial charge on any atom is -0.355 e. The molecule has 0 bridgehead atoms. The lowest BCUT2D eigenvalue weighted by Crippen LogP contribution is -2.11. The van der Waals surface area contributed by atoms with Crippen LogP contribution in [0.25, 0.3) is 34.1 Å². The minimum atomic E-state index is -4.13. The van der Waals surface area contributed by atoms with Gasteiger partial charge in [-0.3, -0.25) is 14.3 Å². The molecule has 1 aromatic carbocycles. The van der Waals surface area contributed by atoms with Gasteiger partial charge in [0.25, 0.3) is 5.56 Å². The summed E-state index contributed by atoms with van der Waals surface area (Å²) in [5, 5.41) is 3.97. The monoisotopic (exact) mass is 410 g/mol. The smallest absolute Gasteiger partial charge is 0.329 e. The molecule has 0 spiro atoms. The molecule has 3 N–H and O–H groups in total. The molecule has 0 fully saturated rings. The lowest BCUT2D eigenvalue weighted by molar-refractivity contribution is 0.371. The Hall–Kier alpha value is -3.39. The number of aromatic amines is 1. The number of nitrogens with one attached hydrogen (secondary N) is 1. The topological polar surface area (TPSA) is 142 Å². The van der Waals surface area contributed by atoms with E-state index in [0.29, 0.717) is 28.3 Å². The maximum absolute atomic E-state index is 12.5. The highest BCUT2D eigenvalue weighted by atomic mass is 31.2. The van der Waals surface area contributed by atoms with Crippen LogP contribution in [0.5, 0.6) is 0 Å². The van der Waals surface area contributed by atoms with Crippen molar-refractivity contribution in [1.29, 1.82) is 0 Å². The first-order valence-corrected chi connectivity index (χ1v) is 10.3. The Kier molecular flexibility index (Phi) is 4.94. The molecule has 0 aliphatic heterocycles. The van der Waals surface area contributed by atoms with Crippen LogP contribution in [0.1, 0.15) is 5.56 Å². The highest BCUT2D eigenvalue weighted by molar-refractivity contribution is 7.50. The number of aromatic nitrogens is 4. The Bertz CT molecular complexity index is 1250. The van der Waals surface area contributed by atoms with Gasteiger partial charge in [-0.05, 0) is 17.7 Å². The molecule has 3 heterocycles. The summed E-state index contributed by atoms with van der Waals surface area (Å²) >= 11 is 0. The normalized spacial score (nSPS) is 11.5. The summed E-state index contributed by atoms with van der Waals surface area (Å²) < 4.78 is 16.4. The fourth-order valence-corrected chi connectivity index (χ4v) is 3.45. The summed E-state index contributed by atoms with van der Waals surface area (Å²) in [5.41, 5.74) is 2.06. The number of hydrogen-bond donors (Lipinski definition) is 3. The second kappa shape index (κ2) is 7.56. The minimum absolute atomic E-state index is 0.224. The number of hydrogen-bond acceptors (Lipinski definition) is 6. The number of H-pyrrole nitrogens is 1. The van der Waals surface area contributed by atoms with Gasteiger partial charge in [-0.25, -0.2) is 4.98 Å². The zero-order valence-electron chi connectivity index (χ0n) is 14.9. The molecule has 0 atom stereocenters. The number of benzene rings is 1. The number of pyridine rings is 1. The second-order valence-electron chi connectivity index (χ2n) is 6.29. The summed E-state index contributed by atoms with van der Waals surface area (Å²) in [6, 6.07) is 13.5. The van der Waals surface area contributed by atoms with E-state index < -0.39 is 7.60 Å². The molecule has 0 aliphatic carbocycles. The Balaban J connectivity index is 1.59. The van der Waals surface area contributed by atoms with Crippen LogP contribution >= 0.6 is 7.60 Å². The van der Waals surface area contributed by atoms with E-state index in [1.165, 1.54) is 6.20 Å². The van der Waals surface area contributed by atoms with Gasteiger partial charge < -0.3 is 19.3 Å². The first kappa shape index (κ1) is 18.9. The molecule has 0 saturated heterocycles. The molecule has 0 amide bonds. The number of nitrogens with zero attached hydrogens (tertiary/aromatic N) is 3. The molecule has 4 aromatic rings. The van der Waals surface area contributed by atoms with E-state index in [1.54, 1.807) is 54.7 Å². The van der Waals surface area contributed by atoms with Crippen molar-refractivity contribution in [2.45, 2.75) is 6.16 Å². The van der Waals surface area contributed by atoms with Crippen molar-refractivity contribution in [3.63, 3.8) is 0 Å². The largest absolute Gasteiger partial charge is 0.355 e. The van der Waals surface area contributed by atoms with Gasteiger partial charge in [0.2, 0.25) is 0 Å². The summed E-state index contributed by atoms with van der Waals surface area (Å²) in [5.74, 6) is 0.598. The highest BCUT2D eigenvalue weighted by Gasteiger charge is 2.16. The van der Waals surface area contributed by atoms with Crippen molar-refractivity contribution in [2.24, 2.45) is 0 Å². The van der Waals surface area contributed by atoms with Crippen LogP contribution in [0.15, 0.2) is 70.2 Å². The van der Waals surface area contributed by atoms with Crippen LogP contribution in [0.4, 0.5) is 0 Å². The third-order valence-electron chi connectivity index (χ3n) is 4.12. The Morgan fingerprint density at radius 3 is 2.48 bits per heavy atom. The van der Waals surface area contributed by atoms with Gasteiger partial charge >= 0.3 is 7.60 Å². The first-order chi connectivity index (χ1) is 13.9. The predicted molar refractivity (Wildman–Crippen MR) is 105 cm³/mol. The third-order valence-corrected chi connectivity index (χ3v) is 4.90. The van der Waals surface area contributed by atoms with E-state index >= 15 is 0 Å². The van der Waals surface area contributed by atoms with Crippen molar-refractivity contribution in [1.82, 2.24) is 20.1 Å². The van der Waals surface area contributed by atoms with Crippen molar-refractivity contribution in [3.05, 3.63) is 76.8 Å². The van der Waals surface area contributed by atoms with Gasteiger partial charge in [0, 0.05) is 24.0 Å². The van der Waals surface area contributed by atoms with Crippen LogP contribution in [0, 0.1) is 0 Å². The van der Waals surface area contributed by atoms with Crippen molar-refractivity contribution >= 4 is 7.60 Å². The molecular formula is C19H15N4O5P. The molecule has 0 aliphatic rings. The Labute approximate surface area is 164 Å². The molecular weight excluding hydrogens is 395 g/mol. The van der Waals surface area contributed by atoms with Gasteiger partial charge in [-0.15, -0.1) is 0 Å². The van der Waals surface area contributed by atoms with Crippen molar-refractivity contribution in [2.75, 3.05) is 0 Å². The summed E-state index contributed by atoms with van der Waals surface area (Å²) in [4.78, 5) is 41.6. The molecule has 0 radical (unpaired) electrons. The molecule has 0 unspecified atom stereocenters. The van der Waals surface area contributed by atoms with E-state index in [0.717, 1.165) is 0 Å². The summed E-state index contributed by atoms with van der Waals surface area (Å²) in [6.07, 6.45) is 2.68. The lowest BCUT2D eigenvalue weighted by Gasteiger charge is -2.04. The maximum atomic E-state index is 12.5. The first-order valence-electron chi connectivity index (χ1n) is 8.51. The van der Waals surface area contributed by atoms with E-state index in [1.807, 2.05) is 0 Å². The van der Waals surface area contributed by atoms with Gasteiger partial charge in [-0.1, -0.05) is 35.5 Å². The predicted octanol–water partition coefficient (Wildman–Crippen LogP) is 2.83. The average Bonchev–Trinajstić information content (AvgIpc) is 3.18. The molecule has 146 valence electrons. The SMILES string of the molecule is O=c1[nH]c(-c2ccccn2)ncc1-c1cc(-c2ccc(CP(=O)(O)O)cc2)no1. The highest BCUT2D eigenvalue weighted by Crippen LogP contribution is 2.39. The maximum Gasteiger partial charge on any atom is 0.329 e. The standard InChI is InChI=1S/C19H15N4O5P/c24-19-14(10-21-18(22-19)15-3-1-2-8-20-15)17-9-16(23-28-17)13-6-4-12(5-7-13)11-29(25,26)27/h1-10H,11H2,(H,21,22,24)(H2,25,26,27). The summed E-state index contributed by atoms with van der Waals surface area (Å²) in [7, 11) is -4.13. The van der Waals surface area contributed by atoms with E-state index in [4.69, 9.17) is 14.3 Å². The lowest BCUT2D eigenvalue weighted by atomic mass is 10.1. The Morgan fingerprint density at radius 2 is 1.83 bits per heavy atom. The Morgan fingerprint density at radius 1 is 1.03 bits per heavy atom. The van der Waals surface area contributed by atoms with Crippen LogP contribution < -0.4 is 5.56 Å². The average molecular weight is 410 g/mol. The van der Waals surface area contributed by atoms with Crippen LogP contribution in [-0.2, 0) is 10.7 Å². The van der Waals surface area contributed by atoms with E-state index in [2.05, 4.69) is 20.1 Å². The fraction of sp³-hybridized carbons (Fsp3) is 0.0526. The summed E-state index contributed by atoms with van der Waals surface area (Å²) in [6.45, 7) is 0. The second-order valence-corrected chi connectivity index (χ2v) is 7.93. The van der Waals surface area contributed by atoms with Crippen LogP contribution in [0.2, 0.25) is 0 Å². The van der Waals surface area contributed by atoms with Crippen LogP contribution in [-0.4, -0.2) is 29.9 Å². The third kappa shape index (κ3) is 4.38. The molecule has 9 nitrogen and oxygen atoms in total. The fourth-order valence-electron chi connectivity index (χ4n) is 2.76. The zero-order valence-corrected chi connectivity index (χ0v) is 15.8. The molecule has 3 aromatic heterocycles. The molecule has 29 heavy (non-hydrogen) atoms. The number of rotatable bonds is 5. The molecule has 4 rings (SSSR count). The van der Waals surface area contributed by atoms with Gasteiger partial charge in [0.15, 0.2) is 11.6 Å². The van der Waals surface area contributed by atoms with E-state index in [9.17, 15) is 9.36 Å². The van der Waals surface area contributed by atoms with Gasteiger partial charge in [0.05, 0.1) is 6.16 Å². The van der Waals surface area contributed by atoms with Gasteiger partial charge in [-0.2, -0.15) is 0 Å². The van der Waals surface area contributed by atoms with Crippen molar-refractivity contribution < 1.29 is 18.9 Å². The van der Waals surface area contributed by atoms with Gasteiger partial charge in [0.1, 0.15) is 17.0 Å². The molecule has 0 saturated carbocycles. The van der Waals surface area contributed by atoms with E-state index in [-0.39, 0.29) is 23.0 Å². The van der Waals surface area contributed by atoms with Crippen molar-refractivity contribution in [3.8, 4) is 34.1 Å². The zero-order chi connectivity index (χ0) is 20.4. The molecule has 10 heteroatoms. The van der Waals surface area contributed by atoms with Crippen LogP contribution in [0.3, 0.4) is 0 Å². The quantitative estimate of drug-likeness (QED) is 0.426.